The Bertz CT molecular complexity index is 1120. The Morgan fingerprint density at radius 1 is 1.16 bits per heavy atom. The van der Waals surface area contributed by atoms with Crippen LogP contribution < -0.4 is 10.1 Å². The molecule has 9 heteroatoms. The number of rotatable bonds is 6. The number of hydrazone groups is 1. The van der Waals surface area contributed by atoms with Gasteiger partial charge in [-0.15, -0.1) is 0 Å². The lowest BCUT2D eigenvalue weighted by atomic mass is 9.96. The van der Waals surface area contributed by atoms with E-state index in [1.165, 1.54) is 11.2 Å². The van der Waals surface area contributed by atoms with E-state index in [1.54, 1.807) is 62.4 Å². The minimum Gasteiger partial charge on any atom is -0.505 e. The number of allylic oxidation sites excluding steroid dienone is 1. The second-order valence-electron chi connectivity index (χ2n) is 6.40. The fourth-order valence-electron chi connectivity index (χ4n) is 3.09. The maximum absolute atomic E-state index is 12.6. The van der Waals surface area contributed by atoms with Crippen molar-refractivity contribution in [2.75, 3.05) is 6.54 Å². The molecule has 0 fully saturated rings. The molecule has 31 heavy (non-hydrogen) atoms. The Morgan fingerprint density at radius 3 is 2.55 bits per heavy atom. The zero-order chi connectivity index (χ0) is 22.5. The molecule has 2 aromatic carbocycles. The number of aliphatic hydroxyl groups is 1. The molecule has 0 aromatic heterocycles. The number of hydrogen-bond donors (Lipinski definition) is 3. The molecule has 160 valence electrons. The van der Waals surface area contributed by atoms with Gasteiger partial charge < -0.3 is 20.3 Å². The van der Waals surface area contributed by atoms with E-state index >= 15 is 0 Å². The summed E-state index contributed by atoms with van der Waals surface area (Å²) < 4.78 is 5.88. The second kappa shape index (κ2) is 9.36. The molecule has 0 saturated heterocycles. The van der Waals surface area contributed by atoms with E-state index in [2.05, 4.69) is 10.4 Å². The Balaban J connectivity index is 2.07. The highest BCUT2D eigenvalue weighted by molar-refractivity contribution is 6.30. The molecular formula is C22H20ClN3O5. The molecule has 0 unspecified atom stereocenters. The van der Waals surface area contributed by atoms with Crippen molar-refractivity contribution in [3.8, 4) is 11.5 Å². The number of carboxylic acids is 1. The fraction of sp³-hybridized carbons (Fsp3) is 0.136. The minimum atomic E-state index is -1.20. The highest BCUT2D eigenvalue weighted by Gasteiger charge is 2.33. The number of fused-ring (bicyclic) bond motifs is 1. The van der Waals surface area contributed by atoms with Gasteiger partial charge in [0.15, 0.2) is 11.5 Å². The van der Waals surface area contributed by atoms with Crippen molar-refractivity contribution in [1.29, 1.82) is 0 Å². The van der Waals surface area contributed by atoms with E-state index in [1.807, 2.05) is 0 Å². The first kappa shape index (κ1) is 21.9. The predicted molar refractivity (Wildman–Crippen MR) is 118 cm³/mol. The second-order valence-corrected chi connectivity index (χ2v) is 6.84. The molecule has 0 bridgehead atoms. The van der Waals surface area contributed by atoms with Crippen molar-refractivity contribution in [3.63, 3.8) is 0 Å². The van der Waals surface area contributed by atoms with Crippen LogP contribution in [0.3, 0.4) is 0 Å². The number of benzene rings is 2. The number of amides is 1. The van der Waals surface area contributed by atoms with Crippen LogP contribution in [-0.4, -0.2) is 39.9 Å². The summed E-state index contributed by atoms with van der Waals surface area (Å²) in [6.07, 6.45) is 3.19. The number of halogens is 1. The third-order valence-electron chi connectivity index (χ3n) is 4.34. The average Bonchev–Trinajstić information content (AvgIpc) is 2.72. The Hall–Kier alpha value is -3.78. The number of carboxylic acid groups (broad SMARTS) is 1. The van der Waals surface area contributed by atoms with E-state index in [0.717, 1.165) is 0 Å². The topological polar surface area (TPSA) is 111 Å². The number of nitrogens with one attached hydrogen (secondary N) is 1. The molecular weight excluding hydrogens is 422 g/mol. The Kier molecular flexibility index (Phi) is 6.61. The molecule has 0 atom stereocenters. The zero-order valence-electron chi connectivity index (χ0n) is 16.8. The van der Waals surface area contributed by atoms with Gasteiger partial charge in [0.25, 0.3) is 5.91 Å². The summed E-state index contributed by atoms with van der Waals surface area (Å²) in [5.74, 6) is -1.27. The molecule has 2 aromatic rings. The predicted octanol–water partition coefficient (Wildman–Crippen LogP) is 4.24. The summed E-state index contributed by atoms with van der Waals surface area (Å²) in [7, 11) is 0. The van der Waals surface area contributed by atoms with Gasteiger partial charge in [0.1, 0.15) is 18.0 Å². The summed E-state index contributed by atoms with van der Waals surface area (Å²) in [6.45, 7) is 2.83. The first-order valence-corrected chi connectivity index (χ1v) is 9.70. The monoisotopic (exact) mass is 441 g/mol. The third-order valence-corrected chi connectivity index (χ3v) is 4.57. The lowest BCUT2D eigenvalue weighted by Crippen LogP contribution is -2.37. The normalized spacial score (nSPS) is 14.7. The largest absolute Gasteiger partial charge is 0.505 e. The first-order valence-electron chi connectivity index (χ1n) is 9.32. The molecule has 3 N–H and O–H groups in total. The molecule has 1 heterocycles. The van der Waals surface area contributed by atoms with Gasteiger partial charge in [0.05, 0.1) is 5.70 Å². The van der Waals surface area contributed by atoms with E-state index in [-0.39, 0.29) is 11.5 Å². The van der Waals surface area contributed by atoms with Crippen molar-refractivity contribution >= 4 is 41.1 Å². The van der Waals surface area contributed by atoms with Crippen LogP contribution in [0.5, 0.6) is 11.5 Å². The van der Waals surface area contributed by atoms with Gasteiger partial charge in [-0.1, -0.05) is 23.7 Å². The van der Waals surface area contributed by atoms with Gasteiger partial charge in [-0.2, -0.15) is 5.10 Å². The van der Waals surface area contributed by atoms with Crippen molar-refractivity contribution in [2.45, 2.75) is 13.8 Å². The van der Waals surface area contributed by atoms with Crippen LogP contribution in [0.15, 0.2) is 59.3 Å². The number of aliphatic hydroxyl groups excluding tert-OH is 1. The highest BCUT2D eigenvalue weighted by Crippen LogP contribution is 2.40. The quantitative estimate of drug-likeness (QED) is 0.578. The maximum Gasteiger partial charge on any atom is 0.322 e. The molecule has 0 spiro atoms. The lowest BCUT2D eigenvalue weighted by Gasteiger charge is -2.31. The van der Waals surface area contributed by atoms with Crippen molar-refractivity contribution in [2.24, 2.45) is 5.10 Å². The highest BCUT2D eigenvalue weighted by atomic mass is 35.5. The number of nitrogens with zero attached hydrogens (tertiary/aromatic N) is 2. The van der Waals surface area contributed by atoms with Crippen molar-refractivity contribution < 1.29 is 24.5 Å². The standard InChI is InChI=1S/C22H20ClN3O5/c1-3-18-17-11-15(31-14-7-5-6-13(23)10-14)8-9-16(17)21(29)20(26(18)25-4-2)22(30)24-12-19(27)28/h3-11,29H,12H2,1-2H3,(H,24,30)(H,27,28)/b18-3+,25-4-. The van der Waals surface area contributed by atoms with E-state index in [4.69, 9.17) is 21.4 Å². The van der Waals surface area contributed by atoms with Crippen molar-refractivity contribution in [1.82, 2.24) is 10.3 Å². The van der Waals surface area contributed by atoms with Crippen LogP contribution >= 0.6 is 11.6 Å². The summed E-state index contributed by atoms with van der Waals surface area (Å²) in [4.78, 5) is 23.5. The molecule has 1 aliphatic rings. The number of ether oxygens (including phenoxy) is 1. The van der Waals surface area contributed by atoms with Crippen molar-refractivity contribution in [3.05, 3.63) is 70.4 Å². The zero-order valence-corrected chi connectivity index (χ0v) is 17.6. The summed E-state index contributed by atoms with van der Waals surface area (Å²) in [5.41, 5.74) is 1.31. The molecule has 8 nitrogen and oxygen atoms in total. The Morgan fingerprint density at radius 2 is 1.90 bits per heavy atom. The molecule has 0 radical (unpaired) electrons. The summed E-state index contributed by atoms with van der Waals surface area (Å²) >= 11 is 6.01. The van der Waals surface area contributed by atoms with Gasteiger partial charge in [-0.25, -0.2) is 5.01 Å². The van der Waals surface area contributed by atoms with E-state index in [9.17, 15) is 14.7 Å². The van der Waals surface area contributed by atoms with Crippen LogP contribution in [0.25, 0.3) is 11.5 Å². The summed E-state index contributed by atoms with van der Waals surface area (Å²) in [6, 6.07) is 11.9. The smallest absolute Gasteiger partial charge is 0.322 e. The van der Waals surface area contributed by atoms with Gasteiger partial charge in [0.2, 0.25) is 0 Å². The van der Waals surface area contributed by atoms with E-state index < -0.39 is 18.4 Å². The Labute approximate surface area is 183 Å². The van der Waals surface area contributed by atoms with Crippen LogP contribution in [0, 0.1) is 0 Å². The van der Waals surface area contributed by atoms with Crippen LogP contribution in [0.2, 0.25) is 5.02 Å². The average molecular weight is 442 g/mol. The maximum atomic E-state index is 12.6. The molecule has 0 aliphatic carbocycles. The van der Waals surface area contributed by atoms with Gasteiger partial charge in [-0.05, 0) is 50.2 Å². The number of hydrogen-bond acceptors (Lipinski definition) is 6. The molecule has 1 aliphatic heterocycles. The minimum absolute atomic E-state index is 0.177. The fourth-order valence-corrected chi connectivity index (χ4v) is 3.27. The van der Waals surface area contributed by atoms with Gasteiger partial charge in [0, 0.05) is 22.4 Å². The number of carbonyl (C=O) groups excluding carboxylic acids is 1. The first-order chi connectivity index (χ1) is 14.8. The number of carbonyl (C=O) groups is 2. The van der Waals surface area contributed by atoms with Gasteiger partial charge in [-0.3, -0.25) is 9.59 Å². The van der Waals surface area contributed by atoms with Crippen LogP contribution in [0.1, 0.15) is 25.0 Å². The van der Waals surface area contributed by atoms with Crippen LogP contribution in [0.4, 0.5) is 0 Å². The van der Waals surface area contributed by atoms with Crippen LogP contribution in [-0.2, 0) is 9.59 Å². The lowest BCUT2D eigenvalue weighted by molar-refractivity contribution is -0.137. The molecule has 0 saturated carbocycles. The van der Waals surface area contributed by atoms with Gasteiger partial charge >= 0.3 is 5.97 Å². The molecule has 3 rings (SSSR count). The third kappa shape index (κ3) is 4.70. The molecule has 1 amide bonds. The SMILES string of the molecule is C/C=N\N1C(C(=O)NCC(=O)O)=C(O)c2ccc(Oc3cccc(Cl)c3)cc2/C1=C\C. The van der Waals surface area contributed by atoms with E-state index in [0.29, 0.717) is 33.3 Å². The number of aliphatic carboxylic acids is 1. The summed E-state index contributed by atoms with van der Waals surface area (Å²) in [5, 5.41) is 28.0.